The Labute approximate surface area is 99.4 Å². The van der Waals surface area contributed by atoms with Gasteiger partial charge in [-0.3, -0.25) is 4.79 Å². The third kappa shape index (κ3) is 4.50. The van der Waals surface area contributed by atoms with Crippen molar-refractivity contribution in [2.45, 2.75) is 20.3 Å². The maximum absolute atomic E-state index is 12.9. The second-order valence-corrected chi connectivity index (χ2v) is 4.63. The fourth-order valence-electron chi connectivity index (χ4n) is 1.13. The molecule has 1 aromatic carbocycles. The van der Waals surface area contributed by atoms with E-state index >= 15 is 0 Å². The molecule has 0 saturated heterocycles. The van der Waals surface area contributed by atoms with Crippen molar-refractivity contribution >= 4 is 16.9 Å². The number of benzene rings is 1. The van der Waals surface area contributed by atoms with Gasteiger partial charge in [0.25, 0.3) is 0 Å². The van der Waals surface area contributed by atoms with Crippen LogP contribution in [0.3, 0.4) is 0 Å². The third-order valence-electron chi connectivity index (χ3n) is 1.92. The van der Waals surface area contributed by atoms with E-state index in [2.05, 4.69) is 11.8 Å². The van der Waals surface area contributed by atoms with Crippen molar-refractivity contribution in [1.29, 1.82) is 0 Å². The topological polar surface area (TPSA) is 17.1 Å². The lowest BCUT2D eigenvalue weighted by Crippen LogP contribution is -1.85. The highest BCUT2D eigenvalue weighted by molar-refractivity contribution is 8.13. The van der Waals surface area contributed by atoms with Crippen LogP contribution in [0.15, 0.2) is 18.2 Å². The number of halogens is 1. The molecule has 0 heterocycles. The summed E-state index contributed by atoms with van der Waals surface area (Å²) in [6.07, 6.45) is 0.667. The van der Waals surface area contributed by atoms with E-state index in [1.54, 1.807) is 26.0 Å². The van der Waals surface area contributed by atoms with Gasteiger partial charge < -0.3 is 0 Å². The van der Waals surface area contributed by atoms with E-state index in [1.807, 2.05) is 0 Å². The molecule has 0 amide bonds. The lowest BCUT2D eigenvalue weighted by Gasteiger charge is -1.95. The Morgan fingerprint density at radius 3 is 2.88 bits per heavy atom. The van der Waals surface area contributed by atoms with Crippen LogP contribution in [-0.2, 0) is 4.79 Å². The minimum atomic E-state index is -0.210. The van der Waals surface area contributed by atoms with Gasteiger partial charge in [-0.1, -0.05) is 23.6 Å². The molecule has 0 aromatic heterocycles. The normalized spacial score (nSPS) is 9.44. The van der Waals surface area contributed by atoms with Crippen LogP contribution in [0, 0.1) is 24.6 Å². The average molecular weight is 236 g/mol. The number of aryl methyl sites for hydroxylation is 1. The first-order valence-electron chi connectivity index (χ1n) is 4.98. The lowest BCUT2D eigenvalue weighted by atomic mass is 10.1. The van der Waals surface area contributed by atoms with Crippen molar-refractivity contribution in [3.63, 3.8) is 0 Å². The third-order valence-corrected chi connectivity index (χ3v) is 2.74. The summed E-state index contributed by atoms with van der Waals surface area (Å²) in [6, 6.07) is 4.80. The Morgan fingerprint density at radius 1 is 1.50 bits per heavy atom. The molecule has 1 aromatic rings. The predicted molar refractivity (Wildman–Crippen MR) is 65.8 cm³/mol. The molecule has 0 spiro atoms. The molecule has 0 N–H and O–H groups in total. The summed E-state index contributed by atoms with van der Waals surface area (Å²) in [5.74, 6) is 6.40. The number of hydrogen-bond donors (Lipinski definition) is 0. The number of hydrogen-bond acceptors (Lipinski definition) is 2. The SMILES string of the molecule is CC(=O)SCCC#Cc1ccc(F)c(C)c1. The zero-order valence-electron chi connectivity index (χ0n) is 9.34. The summed E-state index contributed by atoms with van der Waals surface area (Å²) in [5, 5.41) is 0.111. The molecule has 0 atom stereocenters. The van der Waals surface area contributed by atoms with E-state index in [1.165, 1.54) is 17.8 Å². The van der Waals surface area contributed by atoms with Crippen LogP contribution in [0.1, 0.15) is 24.5 Å². The van der Waals surface area contributed by atoms with Gasteiger partial charge in [-0.05, 0) is 30.7 Å². The van der Waals surface area contributed by atoms with Crippen LogP contribution in [-0.4, -0.2) is 10.9 Å². The Bertz CT molecular complexity index is 443. The van der Waals surface area contributed by atoms with Crippen molar-refractivity contribution in [3.8, 4) is 11.8 Å². The van der Waals surface area contributed by atoms with Gasteiger partial charge in [-0.15, -0.1) is 0 Å². The van der Waals surface area contributed by atoms with E-state index in [0.29, 0.717) is 17.7 Å². The Morgan fingerprint density at radius 2 is 2.25 bits per heavy atom. The summed E-state index contributed by atoms with van der Waals surface area (Å²) in [5.41, 5.74) is 1.41. The van der Waals surface area contributed by atoms with E-state index in [9.17, 15) is 9.18 Å². The highest BCUT2D eigenvalue weighted by Crippen LogP contribution is 2.08. The smallest absolute Gasteiger partial charge is 0.185 e. The Kier molecular flexibility index (Phi) is 5.07. The molecule has 0 aliphatic heterocycles. The van der Waals surface area contributed by atoms with Crippen LogP contribution < -0.4 is 0 Å². The minimum Gasteiger partial charge on any atom is -0.288 e. The van der Waals surface area contributed by atoms with Crippen molar-refractivity contribution in [1.82, 2.24) is 0 Å². The first kappa shape index (κ1) is 12.8. The van der Waals surface area contributed by atoms with Crippen LogP contribution >= 0.6 is 11.8 Å². The summed E-state index contributed by atoms with van der Waals surface area (Å²) in [6.45, 7) is 3.26. The number of carbonyl (C=O) groups excluding carboxylic acids is 1. The Balaban J connectivity index is 2.50. The molecule has 16 heavy (non-hydrogen) atoms. The Hall–Kier alpha value is -1.27. The summed E-state index contributed by atoms with van der Waals surface area (Å²) in [7, 11) is 0. The van der Waals surface area contributed by atoms with Gasteiger partial charge in [0.2, 0.25) is 0 Å². The molecule has 0 saturated carbocycles. The maximum Gasteiger partial charge on any atom is 0.185 e. The molecule has 0 aliphatic rings. The highest BCUT2D eigenvalue weighted by Gasteiger charge is 1.96. The van der Waals surface area contributed by atoms with Crippen molar-refractivity contribution in [2.75, 3.05) is 5.75 Å². The number of thioether (sulfide) groups is 1. The van der Waals surface area contributed by atoms with Gasteiger partial charge in [0.15, 0.2) is 5.12 Å². The second kappa shape index (κ2) is 6.34. The predicted octanol–water partition coefficient (Wildman–Crippen LogP) is 3.16. The fourth-order valence-corrected chi connectivity index (χ4v) is 1.62. The van der Waals surface area contributed by atoms with Crippen molar-refractivity contribution in [2.24, 2.45) is 0 Å². The van der Waals surface area contributed by atoms with Gasteiger partial charge in [-0.2, -0.15) is 0 Å². The zero-order valence-corrected chi connectivity index (χ0v) is 10.2. The molecule has 0 unspecified atom stereocenters. The molecule has 3 heteroatoms. The molecular formula is C13H13FOS. The van der Waals surface area contributed by atoms with Crippen molar-refractivity contribution < 1.29 is 9.18 Å². The summed E-state index contributed by atoms with van der Waals surface area (Å²) in [4.78, 5) is 10.6. The second-order valence-electron chi connectivity index (χ2n) is 3.36. The molecule has 1 nitrogen and oxygen atoms in total. The van der Waals surface area contributed by atoms with Crippen LogP contribution in [0.5, 0.6) is 0 Å². The first-order chi connectivity index (χ1) is 7.59. The van der Waals surface area contributed by atoms with Crippen LogP contribution in [0.4, 0.5) is 4.39 Å². The minimum absolute atomic E-state index is 0.111. The van der Waals surface area contributed by atoms with Gasteiger partial charge in [-0.25, -0.2) is 4.39 Å². The maximum atomic E-state index is 12.9. The molecular weight excluding hydrogens is 223 g/mol. The molecule has 0 bridgehead atoms. The molecule has 84 valence electrons. The number of rotatable bonds is 2. The fraction of sp³-hybridized carbons (Fsp3) is 0.308. The average Bonchev–Trinajstić information content (AvgIpc) is 2.22. The van der Waals surface area contributed by atoms with Crippen LogP contribution in [0.25, 0.3) is 0 Å². The van der Waals surface area contributed by atoms with Crippen LogP contribution in [0.2, 0.25) is 0 Å². The van der Waals surface area contributed by atoms with E-state index in [4.69, 9.17) is 0 Å². The molecule has 1 rings (SSSR count). The van der Waals surface area contributed by atoms with E-state index < -0.39 is 0 Å². The van der Waals surface area contributed by atoms with Gasteiger partial charge >= 0.3 is 0 Å². The first-order valence-corrected chi connectivity index (χ1v) is 5.96. The van der Waals surface area contributed by atoms with E-state index in [-0.39, 0.29) is 10.9 Å². The number of carbonyl (C=O) groups is 1. The summed E-state index contributed by atoms with van der Waals surface area (Å²) >= 11 is 1.27. The molecule has 0 aliphatic carbocycles. The van der Waals surface area contributed by atoms with Gasteiger partial charge in [0.1, 0.15) is 5.82 Å². The largest absolute Gasteiger partial charge is 0.288 e. The molecule has 0 radical (unpaired) electrons. The van der Waals surface area contributed by atoms with E-state index in [0.717, 1.165) is 5.56 Å². The lowest BCUT2D eigenvalue weighted by molar-refractivity contribution is -0.109. The van der Waals surface area contributed by atoms with Crippen molar-refractivity contribution in [3.05, 3.63) is 35.1 Å². The summed E-state index contributed by atoms with van der Waals surface area (Å²) < 4.78 is 12.9. The quantitative estimate of drug-likeness (QED) is 0.579. The zero-order chi connectivity index (χ0) is 12.0. The molecule has 0 fully saturated rings. The van der Waals surface area contributed by atoms with Gasteiger partial charge in [0.05, 0.1) is 0 Å². The monoisotopic (exact) mass is 236 g/mol. The highest BCUT2D eigenvalue weighted by atomic mass is 32.2. The van der Waals surface area contributed by atoms with Gasteiger partial charge in [0, 0.05) is 24.7 Å². The standard InChI is InChI=1S/C13H13FOS/c1-10-9-12(6-7-13(10)14)5-3-4-8-16-11(2)15/h6-7,9H,4,8H2,1-2H3.